The molecule has 1 aromatic rings. The highest BCUT2D eigenvalue weighted by atomic mass is 16.5. The molecule has 0 aliphatic carbocycles. The van der Waals surface area contributed by atoms with Crippen molar-refractivity contribution in [2.45, 2.75) is 38.8 Å². The van der Waals surface area contributed by atoms with Crippen LogP contribution < -0.4 is 10.6 Å². The summed E-state index contributed by atoms with van der Waals surface area (Å²) >= 11 is 0. The number of amides is 1. The van der Waals surface area contributed by atoms with Crippen molar-refractivity contribution >= 4 is 11.9 Å². The van der Waals surface area contributed by atoms with Crippen LogP contribution in [0.1, 0.15) is 38.3 Å². The number of benzene rings is 1. The Morgan fingerprint density at radius 1 is 1.24 bits per heavy atom. The molecule has 0 aromatic heterocycles. The summed E-state index contributed by atoms with van der Waals surface area (Å²) in [7, 11) is 1.34. The third kappa shape index (κ3) is 5.95. The van der Waals surface area contributed by atoms with Gasteiger partial charge in [-0.3, -0.25) is 10.1 Å². The summed E-state index contributed by atoms with van der Waals surface area (Å²) in [6.07, 6.45) is 1.95. The standard InChI is InChI=1S/C16H24N2O3/c1-4-8-12(2)18-14(19)11-17-15(16(20)21-3)13-9-6-5-7-10-13/h5-7,9-10,12,15,17H,4,8,11H2,1-3H3,(H,18,19). The van der Waals surface area contributed by atoms with Gasteiger partial charge in [-0.1, -0.05) is 43.7 Å². The Morgan fingerprint density at radius 2 is 1.90 bits per heavy atom. The quantitative estimate of drug-likeness (QED) is 0.717. The smallest absolute Gasteiger partial charge is 0.327 e. The SMILES string of the molecule is CCCC(C)NC(=O)CNC(C(=O)OC)c1ccccc1. The summed E-state index contributed by atoms with van der Waals surface area (Å²) in [6.45, 7) is 4.11. The Morgan fingerprint density at radius 3 is 2.48 bits per heavy atom. The van der Waals surface area contributed by atoms with Gasteiger partial charge in [0.25, 0.3) is 0 Å². The molecule has 1 aromatic carbocycles. The Bertz CT molecular complexity index is 448. The lowest BCUT2D eigenvalue weighted by Gasteiger charge is -2.18. The second kappa shape index (κ2) is 9.13. The van der Waals surface area contributed by atoms with E-state index in [9.17, 15) is 9.59 Å². The molecule has 0 saturated heterocycles. The molecule has 2 N–H and O–H groups in total. The number of hydrogen-bond acceptors (Lipinski definition) is 4. The first-order chi connectivity index (χ1) is 10.1. The summed E-state index contributed by atoms with van der Waals surface area (Å²) in [5, 5.41) is 5.84. The fourth-order valence-electron chi connectivity index (χ4n) is 2.13. The largest absolute Gasteiger partial charge is 0.468 e. The van der Waals surface area contributed by atoms with Gasteiger partial charge in [0.1, 0.15) is 6.04 Å². The monoisotopic (exact) mass is 292 g/mol. The van der Waals surface area contributed by atoms with Gasteiger partial charge >= 0.3 is 5.97 Å². The van der Waals surface area contributed by atoms with Crippen molar-refractivity contribution in [2.24, 2.45) is 0 Å². The molecule has 0 fully saturated rings. The minimum absolute atomic E-state index is 0.0721. The van der Waals surface area contributed by atoms with Gasteiger partial charge in [-0.05, 0) is 18.9 Å². The van der Waals surface area contributed by atoms with Crippen LogP contribution in [0.2, 0.25) is 0 Å². The molecule has 1 rings (SSSR count). The van der Waals surface area contributed by atoms with Crippen LogP contribution in [0.3, 0.4) is 0 Å². The molecule has 2 unspecified atom stereocenters. The van der Waals surface area contributed by atoms with Crippen LogP contribution in [0.25, 0.3) is 0 Å². The Labute approximate surface area is 126 Å². The van der Waals surface area contributed by atoms with Crippen LogP contribution in [0.5, 0.6) is 0 Å². The average Bonchev–Trinajstić information content (AvgIpc) is 2.48. The Hall–Kier alpha value is -1.88. The van der Waals surface area contributed by atoms with E-state index in [4.69, 9.17) is 4.74 Å². The lowest BCUT2D eigenvalue weighted by molar-refractivity contribution is -0.143. The molecule has 0 bridgehead atoms. The fourth-order valence-corrected chi connectivity index (χ4v) is 2.13. The van der Waals surface area contributed by atoms with E-state index in [1.807, 2.05) is 37.3 Å². The molecule has 0 spiro atoms. The van der Waals surface area contributed by atoms with E-state index in [0.717, 1.165) is 18.4 Å². The zero-order chi connectivity index (χ0) is 15.7. The van der Waals surface area contributed by atoms with Crippen molar-refractivity contribution in [3.63, 3.8) is 0 Å². The van der Waals surface area contributed by atoms with E-state index in [1.165, 1.54) is 7.11 Å². The highest BCUT2D eigenvalue weighted by molar-refractivity contribution is 5.81. The first-order valence-corrected chi connectivity index (χ1v) is 7.24. The maximum absolute atomic E-state index is 11.8. The van der Waals surface area contributed by atoms with Crippen molar-refractivity contribution in [2.75, 3.05) is 13.7 Å². The van der Waals surface area contributed by atoms with Gasteiger partial charge in [0, 0.05) is 6.04 Å². The molecule has 21 heavy (non-hydrogen) atoms. The highest BCUT2D eigenvalue weighted by Crippen LogP contribution is 2.13. The molecule has 0 aliphatic heterocycles. The number of hydrogen-bond donors (Lipinski definition) is 2. The fraction of sp³-hybridized carbons (Fsp3) is 0.500. The predicted molar refractivity (Wildman–Crippen MR) is 81.7 cm³/mol. The van der Waals surface area contributed by atoms with Gasteiger partial charge in [0.15, 0.2) is 0 Å². The van der Waals surface area contributed by atoms with Crippen LogP contribution in [-0.4, -0.2) is 31.6 Å². The topological polar surface area (TPSA) is 67.4 Å². The van der Waals surface area contributed by atoms with E-state index >= 15 is 0 Å². The van der Waals surface area contributed by atoms with Crippen molar-refractivity contribution in [3.05, 3.63) is 35.9 Å². The molecule has 116 valence electrons. The zero-order valence-electron chi connectivity index (χ0n) is 12.9. The minimum atomic E-state index is -0.636. The summed E-state index contributed by atoms with van der Waals surface area (Å²) < 4.78 is 4.79. The molecule has 0 saturated carbocycles. The predicted octanol–water partition coefficient (Wildman–Crippen LogP) is 1.80. The molecule has 1 amide bonds. The van der Waals surface area contributed by atoms with E-state index in [1.54, 1.807) is 0 Å². The lowest BCUT2D eigenvalue weighted by atomic mass is 10.1. The first-order valence-electron chi connectivity index (χ1n) is 7.24. The van der Waals surface area contributed by atoms with Gasteiger partial charge in [0.2, 0.25) is 5.91 Å². The third-order valence-corrected chi connectivity index (χ3v) is 3.17. The second-order valence-corrected chi connectivity index (χ2v) is 5.00. The molecule has 0 heterocycles. The Balaban J connectivity index is 2.59. The summed E-state index contributed by atoms with van der Waals surface area (Å²) in [5.74, 6) is -0.531. The van der Waals surface area contributed by atoms with Gasteiger partial charge in [0.05, 0.1) is 13.7 Å². The minimum Gasteiger partial charge on any atom is -0.468 e. The van der Waals surface area contributed by atoms with Gasteiger partial charge in [-0.15, -0.1) is 0 Å². The van der Waals surface area contributed by atoms with Crippen LogP contribution >= 0.6 is 0 Å². The van der Waals surface area contributed by atoms with Crippen LogP contribution in [0.4, 0.5) is 0 Å². The van der Waals surface area contributed by atoms with E-state index < -0.39 is 12.0 Å². The molecular formula is C16H24N2O3. The van der Waals surface area contributed by atoms with E-state index in [2.05, 4.69) is 17.6 Å². The van der Waals surface area contributed by atoms with Crippen LogP contribution in [0.15, 0.2) is 30.3 Å². The molecule has 0 radical (unpaired) electrons. The maximum atomic E-state index is 11.8. The number of nitrogens with one attached hydrogen (secondary N) is 2. The first kappa shape index (κ1) is 17.2. The molecule has 5 heteroatoms. The van der Waals surface area contributed by atoms with Gasteiger partial charge in [-0.25, -0.2) is 4.79 Å². The van der Waals surface area contributed by atoms with E-state index in [-0.39, 0.29) is 18.5 Å². The van der Waals surface area contributed by atoms with Crippen LogP contribution in [-0.2, 0) is 14.3 Å². The van der Waals surface area contributed by atoms with Crippen molar-refractivity contribution in [1.29, 1.82) is 0 Å². The highest BCUT2D eigenvalue weighted by Gasteiger charge is 2.21. The summed E-state index contributed by atoms with van der Waals surface area (Å²) in [4.78, 5) is 23.7. The van der Waals surface area contributed by atoms with Gasteiger partial charge in [-0.2, -0.15) is 0 Å². The van der Waals surface area contributed by atoms with Crippen molar-refractivity contribution in [3.8, 4) is 0 Å². The number of carbonyl (C=O) groups excluding carboxylic acids is 2. The maximum Gasteiger partial charge on any atom is 0.327 e. The summed E-state index contributed by atoms with van der Waals surface area (Å²) in [6, 6.07) is 8.71. The summed E-state index contributed by atoms with van der Waals surface area (Å²) in [5.41, 5.74) is 0.777. The second-order valence-electron chi connectivity index (χ2n) is 5.00. The normalized spacial score (nSPS) is 13.3. The van der Waals surface area contributed by atoms with Crippen LogP contribution in [0, 0.1) is 0 Å². The number of ether oxygens (including phenoxy) is 1. The molecule has 5 nitrogen and oxygen atoms in total. The third-order valence-electron chi connectivity index (χ3n) is 3.17. The molecule has 2 atom stereocenters. The number of esters is 1. The average molecular weight is 292 g/mol. The van der Waals surface area contributed by atoms with E-state index in [0.29, 0.717) is 0 Å². The molecular weight excluding hydrogens is 268 g/mol. The van der Waals surface area contributed by atoms with Crippen molar-refractivity contribution < 1.29 is 14.3 Å². The zero-order valence-corrected chi connectivity index (χ0v) is 12.9. The lowest BCUT2D eigenvalue weighted by Crippen LogP contribution is -2.41. The Kier molecular flexibility index (Phi) is 7.46. The number of rotatable bonds is 8. The number of methoxy groups -OCH3 is 1. The number of carbonyl (C=O) groups is 2. The molecule has 0 aliphatic rings. The van der Waals surface area contributed by atoms with Crippen molar-refractivity contribution in [1.82, 2.24) is 10.6 Å². The van der Waals surface area contributed by atoms with Gasteiger partial charge < -0.3 is 10.1 Å².